The SMILES string of the molecule is Cc1ccc(NC(=O)[C@@H]2CCCN2C2=NS(=O)(=O)c3ccccc32)cc1C(F)(F)F. The van der Waals surface area contributed by atoms with Gasteiger partial charge in [0.2, 0.25) is 5.91 Å². The second-order valence-electron chi connectivity index (χ2n) is 7.25. The van der Waals surface area contributed by atoms with E-state index in [1.54, 1.807) is 23.1 Å². The number of hydrogen-bond donors (Lipinski definition) is 1. The molecule has 10 heteroatoms. The zero-order valence-electron chi connectivity index (χ0n) is 15.9. The second-order valence-corrected chi connectivity index (χ2v) is 8.83. The van der Waals surface area contributed by atoms with Gasteiger partial charge in [0.05, 0.1) is 5.56 Å². The molecular formula is C20H18F3N3O3S. The van der Waals surface area contributed by atoms with Gasteiger partial charge in [0.1, 0.15) is 10.9 Å². The topological polar surface area (TPSA) is 78.8 Å². The van der Waals surface area contributed by atoms with E-state index >= 15 is 0 Å². The number of amidine groups is 1. The number of hydrogen-bond acceptors (Lipinski definition) is 4. The number of nitrogens with zero attached hydrogens (tertiary/aromatic N) is 2. The number of benzene rings is 2. The minimum Gasteiger partial charge on any atom is -0.343 e. The van der Waals surface area contributed by atoms with Crippen LogP contribution in [0, 0.1) is 6.92 Å². The fourth-order valence-electron chi connectivity index (χ4n) is 3.82. The number of halogens is 3. The van der Waals surface area contributed by atoms with E-state index in [2.05, 4.69) is 9.71 Å². The van der Waals surface area contributed by atoms with Gasteiger partial charge in [-0.15, -0.1) is 4.40 Å². The third-order valence-corrected chi connectivity index (χ3v) is 6.58. The summed E-state index contributed by atoms with van der Waals surface area (Å²) < 4.78 is 68.0. The van der Waals surface area contributed by atoms with Crippen LogP contribution in [-0.2, 0) is 21.0 Å². The quantitative estimate of drug-likeness (QED) is 0.779. The first-order valence-electron chi connectivity index (χ1n) is 9.28. The average molecular weight is 437 g/mol. The highest BCUT2D eigenvalue weighted by atomic mass is 32.2. The molecule has 158 valence electrons. The Kier molecular flexibility index (Phi) is 4.84. The number of anilines is 1. The van der Waals surface area contributed by atoms with E-state index < -0.39 is 33.7 Å². The molecule has 2 aliphatic heterocycles. The van der Waals surface area contributed by atoms with E-state index in [0.29, 0.717) is 24.9 Å². The highest BCUT2D eigenvalue weighted by Crippen LogP contribution is 2.34. The summed E-state index contributed by atoms with van der Waals surface area (Å²) in [4.78, 5) is 14.6. The Hall–Kier alpha value is -2.88. The zero-order valence-corrected chi connectivity index (χ0v) is 16.7. The van der Waals surface area contributed by atoms with Crippen molar-refractivity contribution in [3.05, 3.63) is 59.2 Å². The second kappa shape index (κ2) is 7.12. The van der Waals surface area contributed by atoms with Gasteiger partial charge in [-0.05, 0) is 49.6 Å². The van der Waals surface area contributed by atoms with Crippen LogP contribution in [0.4, 0.5) is 18.9 Å². The number of carbonyl (C=O) groups is 1. The summed E-state index contributed by atoms with van der Waals surface area (Å²) in [5.41, 5.74) is -0.299. The molecule has 0 bridgehead atoms. The van der Waals surface area contributed by atoms with Gasteiger partial charge in [-0.2, -0.15) is 21.6 Å². The number of carbonyl (C=O) groups excluding carboxylic acids is 1. The standard InChI is InChI=1S/C20H18F3N3O3S/c1-12-8-9-13(11-15(12)20(21,22)23)24-19(27)16-6-4-10-26(16)18-14-5-2-3-7-17(14)30(28,29)25-18/h2-3,5,7-9,11,16H,4,6,10H2,1H3,(H,24,27)/t16-/m0/s1. The van der Waals surface area contributed by atoms with Crippen LogP contribution in [0.5, 0.6) is 0 Å². The molecule has 2 aromatic carbocycles. The Labute approximate surface area is 171 Å². The lowest BCUT2D eigenvalue weighted by Gasteiger charge is -2.25. The summed E-state index contributed by atoms with van der Waals surface area (Å²) in [6, 6.07) is 9.24. The number of rotatable bonds is 2. The van der Waals surface area contributed by atoms with Crippen molar-refractivity contribution in [3.8, 4) is 0 Å². The molecule has 1 N–H and O–H groups in total. The Morgan fingerprint density at radius 3 is 2.67 bits per heavy atom. The molecule has 0 radical (unpaired) electrons. The van der Waals surface area contributed by atoms with Crippen LogP contribution in [-0.4, -0.2) is 37.6 Å². The summed E-state index contributed by atoms with van der Waals surface area (Å²) in [7, 11) is -3.84. The Bertz CT molecular complexity index is 1160. The molecule has 2 aromatic rings. The molecule has 6 nitrogen and oxygen atoms in total. The van der Waals surface area contributed by atoms with Crippen molar-refractivity contribution >= 4 is 27.5 Å². The first-order valence-corrected chi connectivity index (χ1v) is 10.7. The van der Waals surface area contributed by atoms with Crippen LogP contribution in [0.2, 0.25) is 0 Å². The van der Waals surface area contributed by atoms with Crippen LogP contribution in [0.25, 0.3) is 0 Å². The molecule has 2 aliphatic rings. The van der Waals surface area contributed by atoms with Crippen molar-refractivity contribution in [1.82, 2.24) is 4.90 Å². The van der Waals surface area contributed by atoms with E-state index in [4.69, 9.17) is 0 Å². The van der Waals surface area contributed by atoms with Gasteiger partial charge in [0.15, 0.2) is 5.84 Å². The maximum Gasteiger partial charge on any atom is 0.416 e. The summed E-state index contributed by atoms with van der Waals surface area (Å²) in [5.74, 6) is -0.308. The predicted octanol–water partition coefficient (Wildman–Crippen LogP) is 3.57. The minimum absolute atomic E-state index is 0.0335. The van der Waals surface area contributed by atoms with Crippen LogP contribution >= 0.6 is 0 Å². The maximum atomic E-state index is 13.2. The molecule has 0 aromatic heterocycles. The molecule has 0 unspecified atom stereocenters. The number of amides is 1. The van der Waals surface area contributed by atoms with Crippen molar-refractivity contribution in [1.29, 1.82) is 0 Å². The molecule has 0 aliphatic carbocycles. The van der Waals surface area contributed by atoms with Gasteiger partial charge in [-0.1, -0.05) is 18.2 Å². The number of nitrogens with one attached hydrogen (secondary N) is 1. The lowest BCUT2D eigenvalue weighted by atomic mass is 10.1. The third-order valence-electron chi connectivity index (χ3n) is 5.25. The number of alkyl halides is 3. The van der Waals surface area contributed by atoms with E-state index in [9.17, 15) is 26.4 Å². The smallest absolute Gasteiger partial charge is 0.343 e. The Morgan fingerprint density at radius 2 is 1.93 bits per heavy atom. The van der Waals surface area contributed by atoms with Crippen molar-refractivity contribution in [2.75, 3.05) is 11.9 Å². The maximum absolute atomic E-state index is 13.2. The fourth-order valence-corrected chi connectivity index (χ4v) is 5.04. The van der Waals surface area contributed by atoms with Crippen LogP contribution in [0.3, 0.4) is 0 Å². The molecule has 1 fully saturated rings. The number of aryl methyl sites for hydroxylation is 1. The third kappa shape index (κ3) is 3.55. The van der Waals surface area contributed by atoms with Gasteiger partial charge in [-0.3, -0.25) is 4.79 Å². The van der Waals surface area contributed by atoms with Crippen LogP contribution in [0.15, 0.2) is 51.8 Å². The summed E-state index contributed by atoms with van der Waals surface area (Å²) in [6.07, 6.45) is -3.47. The van der Waals surface area contributed by atoms with E-state index in [1.807, 2.05) is 0 Å². The van der Waals surface area contributed by atoms with Crippen molar-refractivity contribution in [2.24, 2.45) is 4.40 Å². The molecule has 1 atom stereocenters. The lowest BCUT2D eigenvalue weighted by molar-refractivity contribution is -0.138. The number of sulfonamides is 1. The van der Waals surface area contributed by atoms with E-state index in [0.717, 1.165) is 6.07 Å². The molecular weight excluding hydrogens is 419 g/mol. The van der Waals surface area contributed by atoms with Gasteiger partial charge in [-0.25, -0.2) is 0 Å². The van der Waals surface area contributed by atoms with Gasteiger partial charge >= 0.3 is 6.18 Å². The van der Waals surface area contributed by atoms with Gasteiger partial charge < -0.3 is 10.2 Å². The molecule has 0 spiro atoms. The summed E-state index contributed by atoms with van der Waals surface area (Å²) in [6.45, 7) is 1.77. The number of likely N-dealkylation sites (tertiary alicyclic amines) is 1. The highest BCUT2D eigenvalue weighted by Gasteiger charge is 2.39. The van der Waals surface area contributed by atoms with E-state index in [1.165, 1.54) is 25.1 Å². The first kappa shape index (κ1) is 20.4. The van der Waals surface area contributed by atoms with Crippen molar-refractivity contribution in [2.45, 2.75) is 36.9 Å². The average Bonchev–Trinajstić information content (AvgIpc) is 3.25. The molecule has 0 saturated carbocycles. The fraction of sp³-hybridized carbons (Fsp3) is 0.300. The Morgan fingerprint density at radius 1 is 1.20 bits per heavy atom. The lowest BCUT2D eigenvalue weighted by Crippen LogP contribution is -2.43. The summed E-state index contributed by atoms with van der Waals surface area (Å²) in [5, 5.41) is 2.54. The molecule has 1 saturated heterocycles. The predicted molar refractivity (Wildman–Crippen MR) is 105 cm³/mol. The summed E-state index contributed by atoms with van der Waals surface area (Å²) >= 11 is 0. The van der Waals surface area contributed by atoms with Crippen molar-refractivity contribution < 1.29 is 26.4 Å². The van der Waals surface area contributed by atoms with Crippen LogP contribution in [0.1, 0.15) is 29.5 Å². The molecule has 2 heterocycles. The largest absolute Gasteiger partial charge is 0.416 e. The minimum atomic E-state index is -4.53. The van der Waals surface area contributed by atoms with E-state index in [-0.39, 0.29) is 22.0 Å². The number of fused-ring (bicyclic) bond motifs is 1. The highest BCUT2D eigenvalue weighted by molar-refractivity contribution is 7.90. The zero-order chi connectivity index (χ0) is 21.7. The Balaban J connectivity index is 1.60. The first-order chi connectivity index (χ1) is 14.1. The molecule has 30 heavy (non-hydrogen) atoms. The monoisotopic (exact) mass is 437 g/mol. The van der Waals surface area contributed by atoms with Gasteiger partial charge in [0.25, 0.3) is 10.0 Å². The van der Waals surface area contributed by atoms with Crippen molar-refractivity contribution in [3.63, 3.8) is 0 Å². The van der Waals surface area contributed by atoms with Gasteiger partial charge in [0, 0.05) is 17.8 Å². The molecule has 1 amide bonds. The van der Waals surface area contributed by atoms with Crippen LogP contribution < -0.4 is 5.32 Å². The molecule has 4 rings (SSSR count). The normalized spacial score (nSPS) is 20.1.